The third kappa shape index (κ3) is 2.68. The van der Waals surface area contributed by atoms with Crippen molar-refractivity contribution in [1.29, 1.82) is 0 Å². The maximum absolute atomic E-state index is 5.33. The molecule has 1 aliphatic rings. The van der Waals surface area contributed by atoms with E-state index in [0.29, 0.717) is 0 Å². The summed E-state index contributed by atoms with van der Waals surface area (Å²) in [5.74, 6) is 0.920. The number of hydrogen-bond acceptors (Lipinski definition) is 2. The lowest BCUT2D eigenvalue weighted by Crippen LogP contribution is -2.24. The van der Waals surface area contributed by atoms with Gasteiger partial charge in [0, 0.05) is 18.5 Å². The highest BCUT2D eigenvalue weighted by molar-refractivity contribution is 7.99. The molecule has 0 saturated carbocycles. The van der Waals surface area contributed by atoms with Crippen molar-refractivity contribution >= 4 is 11.8 Å². The summed E-state index contributed by atoms with van der Waals surface area (Å²) in [4.78, 5) is 0. The van der Waals surface area contributed by atoms with E-state index in [1.165, 1.54) is 19.3 Å². The Hall–Kier alpha value is 0.310. The highest BCUT2D eigenvalue weighted by Crippen LogP contribution is 2.28. The molecule has 0 amide bonds. The lowest BCUT2D eigenvalue weighted by atomic mass is 9.95. The first-order chi connectivity index (χ1) is 5.38. The Morgan fingerprint density at radius 1 is 1.45 bits per heavy atom. The fraction of sp³-hybridized carbons (Fsp3) is 1.00. The van der Waals surface area contributed by atoms with Crippen LogP contribution in [0.25, 0.3) is 0 Å². The Kier molecular flexibility index (Phi) is 4.31. The number of ether oxygens (including phenoxy) is 1. The van der Waals surface area contributed by atoms with Crippen molar-refractivity contribution in [3.63, 3.8) is 0 Å². The molecule has 1 heterocycles. The third-order valence-electron chi connectivity index (χ3n) is 2.50. The van der Waals surface area contributed by atoms with Gasteiger partial charge in [0.1, 0.15) is 0 Å². The molecule has 1 unspecified atom stereocenters. The lowest BCUT2D eigenvalue weighted by Gasteiger charge is -2.28. The van der Waals surface area contributed by atoms with Crippen LogP contribution in [0.4, 0.5) is 0 Å². The highest BCUT2D eigenvalue weighted by Gasteiger charge is 2.21. The zero-order valence-electron chi connectivity index (χ0n) is 7.51. The van der Waals surface area contributed by atoms with E-state index in [0.717, 1.165) is 24.4 Å². The third-order valence-corrected chi connectivity index (χ3v) is 3.82. The Morgan fingerprint density at radius 3 is 2.55 bits per heavy atom. The molecule has 0 bridgehead atoms. The molecule has 1 fully saturated rings. The van der Waals surface area contributed by atoms with Crippen LogP contribution in [-0.2, 0) is 4.74 Å². The summed E-state index contributed by atoms with van der Waals surface area (Å²) in [5, 5.41) is 0.874. The maximum Gasteiger partial charge on any atom is 0.0469 e. The van der Waals surface area contributed by atoms with Gasteiger partial charge in [-0.2, -0.15) is 11.8 Å². The van der Waals surface area contributed by atoms with Gasteiger partial charge in [0.25, 0.3) is 0 Å². The van der Waals surface area contributed by atoms with Gasteiger partial charge in [-0.3, -0.25) is 0 Å². The van der Waals surface area contributed by atoms with Crippen molar-refractivity contribution in [2.45, 2.75) is 31.4 Å². The van der Waals surface area contributed by atoms with E-state index < -0.39 is 0 Å². The molecule has 2 heteroatoms. The van der Waals surface area contributed by atoms with Gasteiger partial charge in [0.2, 0.25) is 0 Å². The zero-order valence-corrected chi connectivity index (χ0v) is 8.32. The lowest BCUT2D eigenvalue weighted by molar-refractivity contribution is 0.0655. The van der Waals surface area contributed by atoms with Crippen molar-refractivity contribution in [3.05, 3.63) is 0 Å². The molecule has 0 aromatic carbocycles. The van der Waals surface area contributed by atoms with Crippen LogP contribution < -0.4 is 0 Å². The van der Waals surface area contributed by atoms with Crippen molar-refractivity contribution in [2.24, 2.45) is 5.92 Å². The van der Waals surface area contributed by atoms with Crippen LogP contribution in [0.15, 0.2) is 0 Å². The van der Waals surface area contributed by atoms with Crippen molar-refractivity contribution in [1.82, 2.24) is 0 Å². The molecule has 0 aromatic heterocycles. The van der Waals surface area contributed by atoms with Crippen molar-refractivity contribution in [2.75, 3.05) is 19.5 Å². The van der Waals surface area contributed by atoms with Crippen LogP contribution >= 0.6 is 11.8 Å². The molecule has 0 radical (unpaired) electrons. The fourth-order valence-electron chi connectivity index (χ4n) is 1.78. The van der Waals surface area contributed by atoms with Crippen LogP contribution in [0.5, 0.6) is 0 Å². The fourth-order valence-corrected chi connectivity index (χ4v) is 2.77. The summed E-state index contributed by atoms with van der Waals surface area (Å²) in [7, 11) is 0. The topological polar surface area (TPSA) is 9.23 Å². The molecule has 1 aliphatic heterocycles. The monoisotopic (exact) mass is 174 g/mol. The molecular formula is C9H18OS. The van der Waals surface area contributed by atoms with E-state index in [4.69, 9.17) is 4.74 Å². The summed E-state index contributed by atoms with van der Waals surface area (Å²) in [6.45, 7) is 4.26. The van der Waals surface area contributed by atoms with Gasteiger partial charge in [-0.1, -0.05) is 6.92 Å². The largest absolute Gasteiger partial charge is 0.381 e. The number of thioether (sulfide) groups is 1. The van der Waals surface area contributed by atoms with E-state index in [9.17, 15) is 0 Å². The zero-order chi connectivity index (χ0) is 8.10. The predicted molar refractivity (Wildman–Crippen MR) is 51.1 cm³/mol. The van der Waals surface area contributed by atoms with E-state index in [1.807, 2.05) is 11.8 Å². The second-order valence-electron chi connectivity index (χ2n) is 3.13. The molecule has 1 saturated heterocycles. The SMILES string of the molecule is CCC(SC)C1CCOCC1. The van der Waals surface area contributed by atoms with Gasteiger partial charge in [-0.05, 0) is 31.4 Å². The summed E-state index contributed by atoms with van der Waals surface area (Å²) >= 11 is 2.02. The predicted octanol–water partition coefficient (Wildman–Crippen LogP) is 2.55. The maximum atomic E-state index is 5.33. The summed E-state index contributed by atoms with van der Waals surface area (Å²) in [6.07, 6.45) is 6.09. The van der Waals surface area contributed by atoms with E-state index in [-0.39, 0.29) is 0 Å². The Labute approximate surface area is 73.9 Å². The molecule has 0 spiro atoms. The second kappa shape index (κ2) is 5.04. The minimum absolute atomic E-state index is 0.874. The first-order valence-electron chi connectivity index (χ1n) is 4.49. The van der Waals surface area contributed by atoms with Crippen LogP contribution in [0.2, 0.25) is 0 Å². The summed E-state index contributed by atoms with van der Waals surface area (Å²) < 4.78 is 5.33. The van der Waals surface area contributed by atoms with Crippen molar-refractivity contribution < 1.29 is 4.74 Å². The molecule has 1 rings (SSSR count). The first-order valence-corrected chi connectivity index (χ1v) is 5.77. The van der Waals surface area contributed by atoms with Gasteiger partial charge in [-0.15, -0.1) is 0 Å². The number of rotatable bonds is 3. The summed E-state index contributed by atoms with van der Waals surface area (Å²) in [6, 6.07) is 0. The molecule has 1 atom stereocenters. The Bertz CT molecular complexity index is 95.7. The Morgan fingerprint density at radius 2 is 2.09 bits per heavy atom. The van der Waals surface area contributed by atoms with Gasteiger partial charge in [-0.25, -0.2) is 0 Å². The highest BCUT2D eigenvalue weighted by atomic mass is 32.2. The average molecular weight is 174 g/mol. The molecular weight excluding hydrogens is 156 g/mol. The minimum atomic E-state index is 0.874. The van der Waals surface area contributed by atoms with Gasteiger partial charge < -0.3 is 4.74 Å². The number of hydrogen-bond donors (Lipinski definition) is 0. The van der Waals surface area contributed by atoms with Gasteiger partial charge >= 0.3 is 0 Å². The van der Waals surface area contributed by atoms with Crippen LogP contribution in [0, 0.1) is 5.92 Å². The van der Waals surface area contributed by atoms with E-state index >= 15 is 0 Å². The van der Waals surface area contributed by atoms with E-state index in [2.05, 4.69) is 13.2 Å². The van der Waals surface area contributed by atoms with Gasteiger partial charge in [0.05, 0.1) is 0 Å². The summed E-state index contributed by atoms with van der Waals surface area (Å²) in [5.41, 5.74) is 0. The molecule has 1 nitrogen and oxygen atoms in total. The molecule has 11 heavy (non-hydrogen) atoms. The minimum Gasteiger partial charge on any atom is -0.381 e. The normalized spacial score (nSPS) is 23.5. The van der Waals surface area contributed by atoms with Crippen molar-refractivity contribution in [3.8, 4) is 0 Å². The van der Waals surface area contributed by atoms with Crippen LogP contribution in [0.1, 0.15) is 26.2 Å². The quantitative estimate of drug-likeness (QED) is 0.650. The smallest absolute Gasteiger partial charge is 0.0469 e. The van der Waals surface area contributed by atoms with Crippen LogP contribution in [-0.4, -0.2) is 24.7 Å². The first kappa shape index (κ1) is 9.40. The standard InChI is InChI=1S/C9H18OS/c1-3-9(11-2)8-4-6-10-7-5-8/h8-9H,3-7H2,1-2H3. The molecule has 0 aliphatic carbocycles. The Balaban J connectivity index is 2.30. The van der Waals surface area contributed by atoms with Crippen LogP contribution in [0.3, 0.4) is 0 Å². The van der Waals surface area contributed by atoms with Gasteiger partial charge in [0.15, 0.2) is 0 Å². The second-order valence-corrected chi connectivity index (χ2v) is 4.21. The molecule has 0 aromatic rings. The van der Waals surface area contributed by atoms with E-state index in [1.54, 1.807) is 0 Å². The average Bonchev–Trinajstić information content (AvgIpc) is 2.09. The molecule has 0 N–H and O–H groups in total. The molecule has 66 valence electrons.